The van der Waals surface area contributed by atoms with Crippen LogP contribution in [-0.2, 0) is 6.54 Å². The number of nitrogens with one attached hydrogen (secondary N) is 1. The van der Waals surface area contributed by atoms with Crippen LogP contribution in [0.2, 0.25) is 0 Å². The van der Waals surface area contributed by atoms with Crippen molar-refractivity contribution in [2.24, 2.45) is 0 Å². The third-order valence-corrected chi connectivity index (χ3v) is 2.52. The summed E-state index contributed by atoms with van der Waals surface area (Å²) in [5.74, 6) is -1.24. The van der Waals surface area contributed by atoms with E-state index in [0.717, 1.165) is 24.2 Å². The van der Waals surface area contributed by atoms with Crippen molar-refractivity contribution in [3.63, 3.8) is 0 Å². The molecule has 2 rings (SSSR count). The van der Waals surface area contributed by atoms with Crippen molar-refractivity contribution < 1.29 is 13.5 Å². The Morgan fingerprint density at radius 1 is 1.21 bits per heavy atom. The fraction of sp³-hybridized carbons (Fsp3) is 0.214. The molecule has 1 aromatic heterocycles. The first-order valence-electron chi connectivity index (χ1n) is 5.98. The van der Waals surface area contributed by atoms with E-state index in [9.17, 15) is 8.78 Å². The summed E-state index contributed by atoms with van der Waals surface area (Å²) in [4.78, 5) is 4.10. The van der Waals surface area contributed by atoms with Gasteiger partial charge in [-0.05, 0) is 24.7 Å². The predicted octanol–water partition coefficient (Wildman–Crippen LogP) is 3.26. The van der Waals surface area contributed by atoms with Gasteiger partial charge in [-0.1, -0.05) is 13.0 Å². The van der Waals surface area contributed by atoms with Crippen molar-refractivity contribution in [3.8, 4) is 11.6 Å². The van der Waals surface area contributed by atoms with Gasteiger partial charge in [0.15, 0.2) is 11.6 Å². The van der Waals surface area contributed by atoms with Crippen LogP contribution in [0, 0.1) is 11.6 Å². The van der Waals surface area contributed by atoms with Crippen molar-refractivity contribution in [2.45, 2.75) is 13.5 Å². The molecule has 0 amide bonds. The molecule has 0 fully saturated rings. The fourth-order valence-electron chi connectivity index (χ4n) is 1.56. The standard InChI is InChI=1S/C14H14F2N2O/c1-2-17-9-10-4-3-7-18-14(10)19-11-5-6-12(15)13(16)8-11/h3-8,17H,2,9H2,1H3. The Morgan fingerprint density at radius 2 is 2.05 bits per heavy atom. The minimum atomic E-state index is -0.943. The number of pyridine rings is 1. The molecule has 1 heterocycles. The molecule has 0 aliphatic rings. The molecule has 0 bridgehead atoms. The van der Waals surface area contributed by atoms with Gasteiger partial charge in [0.05, 0.1) is 0 Å². The first-order chi connectivity index (χ1) is 9.20. The van der Waals surface area contributed by atoms with E-state index in [-0.39, 0.29) is 5.75 Å². The quantitative estimate of drug-likeness (QED) is 0.900. The molecular formula is C14H14F2N2O. The number of nitrogens with zero attached hydrogens (tertiary/aromatic N) is 1. The molecule has 0 unspecified atom stereocenters. The summed E-state index contributed by atoms with van der Waals surface area (Å²) in [7, 11) is 0. The highest BCUT2D eigenvalue weighted by molar-refractivity contribution is 5.32. The van der Waals surface area contributed by atoms with Crippen molar-refractivity contribution in [1.29, 1.82) is 0 Å². The van der Waals surface area contributed by atoms with Crippen LogP contribution in [-0.4, -0.2) is 11.5 Å². The molecule has 100 valence electrons. The third-order valence-electron chi connectivity index (χ3n) is 2.52. The van der Waals surface area contributed by atoms with Gasteiger partial charge in [0.1, 0.15) is 5.75 Å². The van der Waals surface area contributed by atoms with Gasteiger partial charge < -0.3 is 10.1 Å². The molecule has 0 aliphatic heterocycles. The number of hydrogen-bond acceptors (Lipinski definition) is 3. The van der Waals surface area contributed by atoms with Crippen molar-refractivity contribution in [3.05, 3.63) is 53.7 Å². The topological polar surface area (TPSA) is 34.2 Å². The van der Waals surface area contributed by atoms with Gasteiger partial charge in [0.25, 0.3) is 0 Å². The van der Waals surface area contributed by atoms with E-state index in [4.69, 9.17) is 4.74 Å². The Balaban J connectivity index is 2.20. The van der Waals surface area contributed by atoms with Gasteiger partial charge in [-0.15, -0.1) is 0 Å². The van der Waals surface area contributed by atoms with Crippen molar-refractivity contribution >= 4 is 0 Å². The maximum Gasteiger partial charge on any atom is 0.223 e. The summed E-state index contributed by atoms with van der Waals surface area (Å²) in [6.45, 7) is 3.41. The molecule has 0 atom stereocenters. The molecular weight excluding hydrogens is 250 g/mol. The average Bonchev–Trinajstić information content (AvgIpc) is 2.42. The number of ether oxygens (including phenoxy) is 1. The van der Waals surface area contributed by atoms with Crippen LogP contribution in [0.3, 0.4) is 0 Å². The van der Waals surface area contributed by atoms with Gasteiger partial charge in [-0.2, -0.15) is 0 Å². The van der Waals surface area contributed by atoms with E-state index in [1.54, 1.807) is 12.3 Å². The summed E-state index contributed by atoms with van der Waals surface area (Å²) >= 11 is 0. The van der Waals surface area contributed by atoms with Crippen molar-refractivity contribution in [2.75, 3.05) is 6.54 Å². The van der Waals surface area contributed by atoms with E-state index in [2.05, 4.69) is 10.3 Å². The van der Waals surface area contributed by atoms with E-state index < -0.39 is 11.6 Å². The van der Waals surface area contributed by atoms with Gasteiger partial charge in [-0.25, -0.2) is 13.8 Å². The molecule has 5 heteroatoms. The lowest BCUT2D eigenvalue weighted by Crippen LogP contribution is -2.12. The zero-order chi connectivity index (χ0) is 13.7. The number of rotatable bonds is 5. The van der Waals surface area contributed by atoms with Crippen molar-refractivity contribution in [1.82, 2.24) is 10.3 Å². The van der Waals surface area contributed by atoms with Crippen LogP contribution in [0.5, 0.6) is 11.6 Å². The molecule has 0 spiro atoms. The van der Waals surface area contributed by atoms with Crippen LogP contribution in [0.4, 0.5) is 8.78 Å². The predicted molar refractivity (Wildman–Crippen MR) is 68.0 cm³/mol. The minimum absolute atomic E-state index is 0.218. The molecule has 1 aromatic carbocycles. The SMILES string of the molecule is CCNCc1cccnc1Oc1ccc(F)c(F)c1. The second-order valence-electron chi connectivity index (χ2n) is 3.93. The normalized spacial score (nSPS) is 10.5. The number of halogens is 2. The lowest BCUT2D eigenvalue weighted by Gasteiger charge is -2.10. The second-order valence-corrected chi connectivity index (χ2v) is 3.93. The summed E-state index contributed by atoms with van der Waals surface area (Å²) in [5, 5.41) is 3.16. The van der Waals surface area contributed by atoms with E-state index in [0.29, 0.717) is 12.4 Å². The Morgan fingerprint density at radius 3 is 2.79 bits per heavy atom. The van der Waals surface area contributed by atoms with E-state index >= 15 is 0 Å². The highest BCUT2D eigenvalue weighted by Crippen LogP contribution is 2.24. The smallest absolute Gasteiger partial charge is 0.223 e. The maximum atomic E-state index is 13.1. The number of benzene rings is 1. The molecule has 0 saturated carbocycles. The van der Waals surface area contributed by atoms with Crippen LogP contribution >= 0.6 is 0 Å². The summed E-state index contributed by atoms with van der Waals surface area (Å²) < 4.78 is 31.4. The lowest BCUT2D eigenvalue weighted by atomic mass is 10.2. The molecule has 1 N–H and O–H groups in total. The van der Waals surface area contributed by atoms with Gasteiger partial charge in [-0.3, -0.25) is 0 Å². The zero-order valence-electron chi connectivity index (χ0n) is 10.5. The molecule has 0 aliphatic carbocycles. The van der Waals surface area contributed by atoms with Crippen LogP contribution in [0.1, 0.15) is 12.5 Å². The number of hydrogen-bond donors (Lipinski definition) is 1. The van der Waals surface area contributed by atoms with E-state index in [1.165, 1.54) is 6.07 Å². The van der Waals surface area contributed by atoms with Crippen LogP contribution in [0.15, 0.2) is 36.5 Å². The Labute approximate surface area is 110 Å². The van der Waals surface area contributed by atoms with Gasteiger partial charge >= 0.3 is 0 Å². The number of aromatic nitrogens is 1. The fourth-order valence-corrected chi connectivity index (χ4v) is 1.56. The lowest BCUT2D eigenvalue weighted by molar-refractivity contribution is 0.440. The Bertz CT molecular complexity index is 561. The zero-order valence-corrected chi connectivity index (χ0v) is 10.5. The Hall–Kier alpha value is -2.01. The van der Waals surface area contributed by atoms with Gasteiger partial charge in [0.2, 0.25) is 5.88 Å². The largest absolute Gasteiger partial charge is 0.439 e. The highest BCUT2D eigenvalue weighted by atomic mass is 19.2. The molecule has 2 aromatic rings. The maximum absolute atomic E-state index is 13.1. The van der Waals surface area contributed by atoms with Crippen LogP contribution < -0.4 is 10.1 Å². The summed E-state index contributed by atoms with van der Waals surface area (Å²) in [6.07, 6.45) is 1.59. The monoisotopic (exact) mass is 264 g/mol. The summed E-state index contributed by atoms with van der Waals surface area (Å²) in [5.41, 5.74) is 0.856. The molecule has 19 heavy (non-hydrogen) atoms. The van der Waals surface area contributed by atoms with E-state index in [1.807, 2.05) is 13.0 Å². The molecule has 3 nitrogen and oxygen atoms in total. The van der Waals surface area contributed by atoms with Crippen LogP contribution in [0.25, 0.3) is 0 Å². The second kappa shape index (κ2) is 6.24. The first-order valence-corrected chi connectivity index (χ1v) is 5.98. The third kappa shape index (κ3) is 3.48. The minimum Gasteiger partial charge on any atom is -0.439 e. The Kier molecular flexibility index (Phi) is 4.41. The highest BCUT2D eigenvalue weighted by Gasteiger charge is 2.08. The first kappa shape index (κ1) is 13.4. The molecule has 0 radical (unpaired) electrons. The average molecular weight is 264 g/mol. The van der Waals surface area contributed by atoms with Gasteiger partial charge in [0, 0.05) is 24.4 Å². The summed E-state index contributed by atoms with van der Waals surface area (Å²) in [6, 6.07) is 7.05. The molecule has 0 saturated heterocycles.